The summed E-state index contributed by atoms with van der Waals surface area (Å²) in [5, 5.41) is 9.57. The second-order valence-electron chi connectivity index (χ2n) is 6.69. The molecule has 0 amide bonds. The van der Waals surface area contributed by atoms with Gasteiger partial charge in [0, 0.05) is 0 Å². The average molecular weight is 386 g/mol. The number of phenols is 1. The minimum Gasteiger partial charge on any atom is -0.507 e. The van der Waals surface area contributed by atoms with Crippen LogP contribution in [-0.4, -0.2) is 30.3 Å². The molecule has 2 rings (SSSR count). The lowest BCUT2D eigenvalue weighted by atomic mass is 10.00. The fraction of sp³-hybridized carbons (Fsp3) is 0.391. The Bertz CT molecular complexity index is 735. The Hall–Kier alpha value is -2.82. The van der Waals surface area contributed by atoms with Crippen molar-refractivity contribution in [3.8, 4) is 5.75 Å². The third-order valence-corrected chi connectivity index (χ3v) is 4.10. The number of carbonyl (C=O) groups is 2. The topological polar surface area (TPSA) is 72.8 Å². The first-order chi connectivity index (χ1) is 13.1. The average Bonchev–Trinajstić information content (AvgIpc) is 2.54. The van der Waals surface area contributed by atoms with Crippen molar-refractivity contribution in [1.82, 2.24) is 0 Å². The molecule has 0 aromatic heterocycles. The number of hydrogen-bond acceptors (Lipinski definition) is 5. The number of esters is 2. The van der Waals surface area contributed by atoms with Crippen molar-refractivity contribution >= 4 is 11.9 Å². The number of hydrogen-bond donors (Lipinski definition) is 1. The van der Waals surface area contributed by atoms with Crippen molar-refractivity contribution in [2.45, 2.75) is 48.5 Å². The van der Waals surface area contributed by atoms with E-state index >= 15 is 0 Å². The molecular formula is C23H30O5. The molecule has 0 aliphatic heterocycles. The van der Waals surface area contributed by atoms with Crippen LogP contribution in [-0.2, 0) is 9.47 Å². The normalized spacial score (nSPS) is 9.96. The molecule has 152 valence electrons. The van der Waals surface area contributed by atoms with Gasteiger partial charge in [-0.15, -0.1) is 0 Å². The Kier molecular flexibility index (Phi) is 8.71. The zero-order valence-corrected chi connectivity index (χ0v) is 17.8. The van der Waals surface area contributed by atoms with Crippen molar-refractivity contribution in [3.63, 3.8) is 0 Å². The van der Waals surface area contributed by atoms with Crippen LogP contribution < -0.4 is 0 Å². The van der Waals surface area contributed by atoms with Crippen LogP contribution in [0.5, 0.6) is 5.75 Å². The van der Waals surface area contributed by atoms with Crippen LogP contribution in [0.3, 0.4) is 0 Å². The van der Waals surface area contributed by atoms with Crippen molar-refractivity contribution < 1.29 is 24.2 Å². The van der Waals surface area contributed by atoms with E-state index < -0.39 is 5.97 Å². The number of benzene rings is 2. The molecule has 0 heterocycles. The van der Waals surface area contributed by atoms with E-state index in [1.165, 1.54) is 5.56 Å². The molecule has 0 aliphatic rings. The minimum atomic E-state index is -0.470. The first kappa shape index (κ1) is 23.2. The van der Waals surface area contributed by atoms with Crippen LogP contribution in [0, 0.1) is 34.6 Å². The highest BCUT2D eigenvalue weighted by atomic mass is 16.5. The van der Waals surface area contributed by atoms with Gasteiger partial charge in [0.2, 0.25) is 0 Å². The summed E-state index contributed by atoms with van der Waals surface area (Å²) in [6.45, 7) is 13.8. The fourth-order valence-corrected chi connectivity index (χ4v) is 3.12. The van der Waals surface area contributed by atoms with Gasteiger partial charge in [-0.25, -0.2) is 9.59 Å². The highest BCUT2D eigenvalue weighted by Crippen LogP contribution is 2.23. The van der Waals surface area contributed by atoms with E-state index in [0.717, 1.165) is 22.3 Å². The molecule has 0 fully saturated rings. The first-order valence-electron chi connectivity index (χ1n) is 9.34. The molecule has 0 spiro atoms. The zero-order valence-electron chi connectivity index (χ0n) is 17.8. The lowest BCUT2D eigenvalue weighted by Crippen LogP contribution is -2.09. The predicted octanol–water partition coefficient (Wildman–Crippen LogP) is 4.97. The SMILES string of the molecule is CCOC(=O)c1c(C)cc(C)cc1C.CCOC(=O)c1c(C)cc(C)cc1O. The van der Waals surface area contributed by atoms with E-state index in [0.29, 0.717) is 18.8 Å². The third kappa shape index (κ3) is 6.12. The number of carbonyl (C=O) groups excluding carboxylic acids is 2. The van der Waals surface area contributed by atoms with Gasteiger partial charge in [0.1, 0.15) is 11.3 Å². The van der Waals surface area contributed by atoms with E-state index in [1.807, 2.05) is 52.8 Å². The summed E-state index contributed by atoms with van der Waals surface area (Å²) in [6, 6.07) is 7.39. The number of rotatable bonds is 4. The maximum Gasteiger partial charge on any atom is 0.342 e. The van der Waals surface area contributed by atoms with Gasteiger partial charge in [-0.2, -0.15) is 0 Å². The number of aryl methyl sites for hydroxylation is 5. The summed E-state index contributed by atoms with van der Waals surface area (Å²) in [6.07, 6.45) is 0. The molecule has 5 nitrogen and oxygen atoms in total. The first-order valence-corrected chi connectivity index (χ1v) is 9.34. The van der Waals surface area contributed by atoms with Gasteiger partial charge in [0.15, 0.2) is 0 Å². The Morgan fingerprint density at radius 3 is 1.46 bits per heavy atom. The van der Waals surface area contributed by atoms with Crippen molar-refractivity contribution in [2.75, 3.05) is 13.2 Å². The van der Waals surface area contributed by atoms with Crippen LogP contribution in [0.2, 0.25) is 0 Å². The van der Waals surface area contributed by atoms with Crippen LogP contribution in [0.25, 0.3) is 0 Å². The largest absolute Gasteiger partial charge is 0.507 e. The van der Waals surface area contributed by atoms with Crippen LogP contribution in [0.1, 0.15) is 62.4 Å². The van der Waals surface area contributed by atoms with Crippen LogP contribution >= 0.6 is 0 Å². The summed E-state index contributed by atoms with van der Waals surface area (Å²) in [5.41, 5.74) is 5.78. The monoisotopic (exact) mass is 386 g/mol. The molecule has 0 atom stereocenters. The Balaban J connectivity index is 0.000000280. The van der Waals surface area contributed by atoms with Crippen molar-refractivity contribution in [2.24, 2.45) is 0 Å². The van der Waals surface area contributed by atoms with Gasteiger partial charge in [0.25, 0.3) is 0 Å². The standard InChI is InChI=1S/C12H16O2.C11H14O3/c1-5-14-12(13)11-9(3)6-8(2)7-10(11)4;1-4-14-11(13)10-8(3)5-7(2)6-9(10)12/h6-7H,5H2,1-4H3;5-6,12H,4H2,1-3H3. The quantitative estimate of drug-likeness (QED) is 0.751. The molecule has 0 aliphatic carbocycles. The second kappa shape index (κ2) is 10.5. The van der Waals surface area contributed by atoms with Gasteiger partial charge < -0.3 is 14.6 Å². The third-order valence-electron chi connectivity index (χ3n) is 4.10. The summed E-state index contributed by atoms with van der Waals surface area (Å²) >= 11 is 0. The number of ether oxygens (including phenoxy) is 2. The predicted molar refractivity (Wildman–Crippen MR) is 110 cm³/mol. The van der Waals surface area contributed by atoms with E-state index in [9.17, 15) is 14.7 Å². The fourth-order valence-electron chi connectivity index (χ4n) is 3.12. The lowest BCUT2D eigenvalue weighted by molar-refractivity contribution is 0.0513. The Labute approximate surface area is 167 Å². The molecule has 28 heavy (non-hydrogen) atoms. The number of aromatic hydroxyl groups is 1. The summed E-state index contributed by atoms with van der Waals surface area (Å²) < 4.78 is 9.82. The van der Waals surface area contributed by atoms with Gasteiger partial charge in [-0.3, -0.25) is 0 Å². The molecule has 0 bridgehead atoms. The molecule has 0 saturated heterocycles. The second-order valence-corrected chi connectivity index (χ2v) is 6.69. The number of phenolic OH excluding ortho intramolecular Hbond substituents is 1. The maximum atomic E-state index is 11.6. The highest BCUT2D eigenvalue weighted by Gasteiger charge is 2.15. The molecule has 0 unspecified atom stereocenters. The Morgan fingerprint density at radius 2 is 1.07 bits per heavy atom. The minimum absolute atomic E-state index is 0.0130. The van der Waals surface area contributed by atoms with Crippen LogP contribution in [0.4, 0.5) is 0 Å². The van der Waals surface area contributed by atoms with Gasteiger partial charge in [0.05, 0.1) is 18.8 Å². The highest BCUT2D eigenvalue weighted by molar-refractivity contribution is 5.94. The Morgan fingerprint density at radius 1 is 0.714 bits per heavy atom. The molecule has 2 aromatic rings. The summed E-state index contributed by atoms with van der Waals surface area (Å²) in [5.74, 6) is -0.703. The molecule has 2 aromatic carbocycles. The van der Waals surface area contributed by atoms with Crippen molar-refractivity contribution in [3.05, 3.63) is 63.2 Å². The van der Waals surface area contributed by atoms with Crippen LogP contribution in [0.15, 0.2) is 24.3 Å². The molecule has 0 saturated carbocycles. The summed E-state index contributed by atoms with van der Waals surface area (Å²) in [7, 11) is 0. The molecule has 1 N–H and O–H groups in total. The van der Waals surface area contributed by atoms with Crippen molar-refractivity contribution in [1.29, 1.82) is 0 Å². The van der Waals surface area contributed by atoms with Gasteiger partial charge in [-0.1, -0.05) is 23.8 Å². The van der Waals surface area contributed by atoms with E-state index in [4.69, 9.17) is 9.47 Å². The molecule has 0 radical (unpaired) electrons. The maximum absolute atomic E-state index is 11.6. The smallest absolute Gasteiger partial charge is 0.342 e. The van der Waals surface area contributed by atoms with Gasteiger partial charge >= 0.3 is 11.9 Å². The van der Waals surface area contributed by atoms with E-state index in [1.54, 1.807) is 19.9 Å². The van der Waals surface area contributed by atoms with Gasteiger partial charge in [-0.05, 0) is 76.8 Å². The van der Waals surface area contributed by atoms with E-state index in [-0.39, 0.29) is 17.3 Å². The van der Waals surface area contributed by atoms with E-state index in [2.05, 4.69) is 0 Å². The zero-order chi connectivity index (χ0) is 21.4. The molecule has 5 heteroatoms. The lowest BCUT2D eigenvalue weighted by Gasteiger charge is -2.09. The molecular weight excluding hydrogens is 356 g/mol. The summed E-state index contributed by atoms with van der Waals surface area (Å²) in [4.78, 5) is 23.0.